The Bertz CT molecular complexity index is 584. The Morgan fingerprint density at radius 2 is 2.19 bits per heavy atom. The first-order valence-corrected chi connectivity index (χ1v) is 8.34. The third kappa shape index (κ3) is 3.28. The van der Waals surface area contributed by atoms with E-state index in [4.69, 9.17) is 10.3 Å². The van der Waals surface area contributed by atoms with E-state index in [2.05, 4.69) is 34.2 Å². The standard InChI is InChI=1S/C15H20N4OS/c1-19-8-9-21-10-13(19)14-17-15(20-18-14)12-4-2-11(3-5-12)6-7-16/h2-5,13H,6-10,16H2,1H3. The van der Waals surface area contributed by atoms with E-state index in [-0.39, 0.29) is 6.04 Å². The molecule has 112 valence electrons. The number of thioether (sulfide) groups is 1. The van der Waals surface area contributed by atoms with Gasteiger partial charge in [0.25, 0.3) is 5.89 Å². The smallest absolute Gasteiger partial charge is 0.257 e. The molecule has 1 atom stereocenters. The maximum atomic E-state index is 5.56. The Labute approximate surface area is 128 Å². The predicted molar refractivity (Wildman–Crippen MR) is 85.2 cm³/mol. The number of aromatic nitrogens is 2. The van der Waals surface area contributed by atoms with E-state index in [1.165, 1.54) is 11.3 Å². The normalized spacial score (nSPS) is 19.8. The fraction of sp³-hybridized carbons (Fsp3) is 0.467. The number of rotatable bonds is 4. The number of hydrogen-bond acceptors (Lipinski definition) is 6. The molecule has 6 heteroatoms. The third-order valence-electron chi connectivity index (χ3n) is 3.77. The van der Waals surface area contributed by atoms with Gasteiger partial charge in [-0.15, -0.1) is 0 Å². The van der Waals surface area contributed by atoms with Crippen molar-refractivity contribution < 1.29 is 4.52 Å². The number of nitrogens with two attached hydrogens (primary N) is 1. The van der Waals surface area contributed by atoms with Crippen molar-refractivity contribution in [2.75, 3.05) is 31.6 Å². The minimum Gasteiger partial charge on any atom is -0.334 e. The lowest BCUT2D eigenvalue weighted by molar-refractivity contribution is 0.257. The van der Waals surface area contributed by atoms with Gasteiger partial charge in [-0.1, -0.05) is 17.3 Å². The first kappa shape index (κ1) is 14.6. The summed E-state index contributed by atoms with van der Waals surface area (Å²) in [6, 6.07) is 8.41. The van der Waals surface area contributed by atoms with Crippen molar-refractivity contribution in [3.05, 3.63) is 35.7 Å². The van der Waals surface area contributed by atoms with Crippen LogP contribution in [0.3, 0.4) is 0 Å². The first-order chi connectivity index (χ1) is 10.3. The largest absolute Gasteiger partial charge is 0.334 e. The van der Waals surface area contributed by atoms with Gasteiger partial charge in [-0.2, -0.15) is 16.7 Å². The van der Waals surface area contributed by atoms with E-state index in [1.807, 2.05) is 23.9 Å². The zero-order chi connectivity index (χ0) is 14.7. The topological polar surface area (TPSA) is 68.2 Å². The lowest BCUT2D eigenvalue weighted by Crippen LogP contribution is -2.33. The van der Waals surface area contributed by atoms with Gasteiger partial charge >= 0.3 is 0 Å². The van der Waals surface area contributed by atoms with Crippen molar-refractivity contribution in [2.24, 2.45) is 5.73 Å². The second-order valence-electron chi connectivity index (χ2n) is 5.26. The second kappa shape index (κ2) is 6.60. The molecule has 2 N–H and O–H groups in total. The molecule has 0 spiro atoms. The molecule has 1 aromatic heterocycles. The van der Waals surface area contributed by atoms with Crippen molar-refractivity contribution in [1.29, 1.82) is 0 Å². The molecular formula is C15H20N4OS. The summed E-state index contributed by atoms with van der Waals surface area (Å²) < 4.78 is 5.43. The van der Waals surface area contributed by atoms with Gasteiger partial charge in [0, 0.05) is 23.6 Å². The van der Waals surface area contributed by atoms with Crippen LogP contribution >= 0.6 is 11.8 Å². The monoisotopic (exact) mass is 304 g/mol. The van der Waals surface area contributed by atoms with Crippen molar-refractivity contribution >= 4 is 11.8 Å². The van der Waals surface area contributed by atoms with Crippen molar-refractivity contribution in [1.82, 2.24) is 15.0 Å². The Morgan fingerprint density at radius 3 is 2.90 bits per heavy atom. The highest BCUT2D eigenvalue weighted by Gasteiger charge is 2.25. The van der Waals surface area contributed by atoms with Gasteiger partial charge in [-0.05, 0) is 37.7 Å². The molecule has 0 aliphatic carbocycles. The molecule has 1 aliphatic rings. The molecule has 2 aromatic rings. The van der Waals surface area contributed by atoms with Crippen LogP contribution in [-0.4, -0.2) is 46.7 Å². The van der Waals surface area contributed by atoms with E-state index in [0.717, 1.165) is 30.1 Å². The summed E-state index contributed by atoms with van der Waals surface area (Å²) in [7, 11) is 2.11. The summed E-state index contributed by atoms with van der Waals surface area (Å²) in [6.45, 7) is 1.72. The molecule has 0 radical (unpaired) electrons. The SMILES string of the molecule is CN1CCSCC1c1noc(-c2ccc(CCN)cc2)n1. The Kier molecular flexibility index (Phi) is 4.57. The Morgan fingerprint density at radius 1 is 1.38 bits per heavy atom. The van der Waals surface area contributed by atoms with Gasteiger partial charge in [0.15, 0.2) is 5.82 Å². The van der Waals surface area contributed by atoms with Crippen LogP contribution in [-0.2, 0) is 6.42 Å². The summed E-state index contributed by atoms with van der Waals surface area (Å²) >= 11 is 1.94. The molecule has 5 nitrogen and oxygen atoms in total. The summed E-state index contributed by atoms with van der Waals surface area (Å²) in [6.07, 6.45) is 0.888. The average Bonchev–Trinajstić information content (AvgIpc) is 2.98. The summed E-state index contributed by atoms with van der Waals surface area (Å²) in [5.41, 5.74) is 7.75. The lowest BCUT2D eigenvalue weighted by atomic mass is 10.1. The maximum Gasteiger partial charge on any atom is 0.257 e. The quantitative estimate of drug-likeness (QED) is 0.931. The number of hydrogen-bond donors (Lipinski definition) is 1. The third-order valence-corrected chi connectivity index (χ3v) is 4.79. The van der Waals surface area contributed by atoms with E-state index < -0.39 is 0 Å². The van der Waals surface area contributed by atoms with E-state index in [0.29, 0.717) is 12.4 Å². The minimum atomic E-state index is 0.248. The average molecular weight is 304 g/mol. The van der Waals surface area contributed by atoms with Crippen LogP contribution in [0.4, 0.5) is 0 Å². The van der Waals surface area contributed by atoms with Crippen molar-refractivity contribution in [2.45, 2.75) is 12.5 Å². The zero-order valence-corrected chi connectivity index (χ0v) is 13.0. The fourth-order valence-corrected chi connectivity index (χ4v) is 3.64. The molecule has 0 amide bonds. The Balaban J connectivity index is 1.77. The summed E-state index contributed by atoms with van der Waals surface area (Å²) in [4.78, 5) is 6.86. The molecule has 1 aliphatic heterocycles. The molecular weight excluding hydrogens is 284 g/mol. The maximum absolute atomic E-state index is 5.56. The van der Waals surface area contributed by atoms with Crippen LogP contribution in [0.1, 0.15) is 17.4 Å². The van der Waals surface area contributed by atoms with Crippen LogP contribution in [0.15, 0.2) is 28.8 Å². The zero-order valence-electron chi connectivity index (χ0n) is 12.2. The van der Waals surface area contributed by atoms with Crippen molar-refractivity contribution in [3.63, 3.8) is 0 Å². The highest BCUT2D eigenvalue weighted by molar-refractivity contribution is 7.99. The molecule has 3 rings (SSSR count). The van der Waals surface area contributed by atoms with Crippen molar-refractivity contribution in [3.8, 4) is 11.5 Å². The van der Waals surface area contributed by atoms with E-state index >= 15 is 0 Å². The van der Waals surface area contributed by atoms with Gasteiger partial charge in [-0.25, -0.2) is 0 Å². The molecule has 21 heavy (non-hydrogen) atoms. The van der Waals surface area contributed by atoms with E-state index in [1.54, 1.807) is 0 Å². The molecule has 0 saturated carbocycles. The molecule has 1 fully saturated rings. The predicted octanol–water partition coefficient (Wildman–Crippen LogP) is 1.96. The van der Waals surface area contributed by atoms with Gasteiger partial charge in [0.1, 0.15) is 0 Å². The molecule has 1 unspecified atom stereocenters. The summed E-state index contributed by atoms with van der Waals surface area (Å²) in [5.74, 6) is 3.56. The molecule has 1 saturated heterocycles. The first-order valence-electron chi connectivity index (χ1n) is 7.19. The molecule has 0 bridgehead atoms. The van der Waals surface area contributed by atoms with Gasteiger partial charge in [0.05, 0.1) is 6.04 Å². The van der Waals surface area contributed by atoms with Crippen LogP contribution in [0, 0.1) is 0 Å². The number of nitrogens with zero attached hydrogens (tertiary/aromatic N) is 3. The minimum absolute atomic E-state index is 0.248. The van der Waals surface area contributed by atoms with Crippen LogP contribution in [0.2, 0.25) is 0 Å². The fourth-order valence-electron chi connectivity index (χ4n) is 2.43. The van der Waals surface area contributed by atoms with Gasteiger partial charge in [-0.3, -0.25) is 4.90 Å². The lowest BCUT2D eigenvalue weighted by Gasteiger charge is -2.29. The van der Waals surface area contributed by atoms with Crippen LogP contribution in [0.25, 0.3) is 11.5 Å². The van der Waals surface area contributed by atoms with Gasteiger partial charge < -0.3 is 10.3 Å². The number of benzene rings is 1. The Hall–Kier alpha value is -1.37. The molecule has 1 aromatic carbocycles. The van der Waals surface area contributed by atoms with E-state index in [9.17, 15) is 0 Å². The van der Waals surface area contributed by atoms with Crippen LogP contribution < -0.4 is 5.73 Å². The second-order valence-corrected chi connectivity index (χ2v) is 6.41. The van der Waals surface area contributed by atoms with Gasteiger partial charge in [0.2, 0.25) is 0 Å². The highest BCUT2D eigenvalue weighted by Crippen LogP contribution is 2.28. The molecule has 2 heterocycles. The highest BCUT2D eigenvalue weighted by atomic mass is 32.2. The van der Waals surface area contributed by atoms with Crippen LogP contribution in [0.5, 0.6) is 0 Å². The summed E-state index contributed by atoms with van der Waals surface area (Å²) in [5, 5.41) is 4.16.